The molecule has 0 aliphatic carbocycles. The first-order valence-corrected chi connectivity index (χ1v) is 11.9. The van der Waals surface area contributed by atoms with Gasteiger partial charge >= 0.3 is 0 Å². The van der Waals surface area contributed by atoms with E-state index >= 15 is 0 Å². The second kappa shape index (κ2) is 8.74. The molecule has 0 atom stereocenters. The minimum absolute atomic E-state index is 0.175. The molecule has 33 heavy (non-hydrogen) atoms. The van der Waals surface area contributed by atoms with Crippen molar-refractivity contribution in [2.75, 3.05) is 0 Å². The molecule has 0 saturated heterocycles. The second-order valence-electron chi connectivity index (χ2n) is 7.98. The quantitative estimate of drug-likeness (QED) is 0.443. The molecule has 4 rings (SSSR count). The Morgan fingerprint density at radius 3 is 2.58 bits per heavy atom. The molecule has 0 aliphatic heterocycles. The highest BCUT2D eigenvalue weighted by Gasteiger charge is 2.20. The Morgan fingerprint density at radius 1 is 1.15 bits per heavy atom. The number of hydrogen-bond acceptors (Lipinski definition) is 5. The van der Waals surface area contributed by atoms with Crippen LogP contribution in [0.3, 0.4) is 0 Å². The zero-order chi connectivity index (χ0) is 23.8. The molecule has 0 saturated carbocycles. The second-order valence-corrected chi connectivity index (χ2v) is 10.5. The molecule has 2 N–H and O–H groups in total. The lowest BCUT2D eigenvalue weighted by molar-refractivity contribution is 0.0952. The van der Waals surface area contributed by atoms with Gasteiger partial charge in [-0.05, 0) is 50.1 Å². The molecule has 7 nitrogen and oxygen atoms in total. The van der Waals surface area contributed by atoms with Crippen molar-refractivity contribution < 1.29 is 17.6 Å². The number of sulfone groups is 1. The molecule has 0 radical (unpaired) electrons. The van der Waals surface area contributed by atoms with Crippen molar-refractivity contribution in [3.8, 4) is 11.3 Å². The lowest BCUT2D eigenvalue weighted by Gasteiger charge is -2.09. The maximum atomic E-state index is 13.8. The molecule has 1 amide bonds. The number of halogens is 1. The van der Waals surface area contributed by atoms with Crippen molar-refractivity contribution in [1.29, 1.82) is 0 Å². The van der Waals surface area contributed by atoms with Crippen LogP contribution in [-0.2, 0) is 16.4 Å². The molecule has 0 aliphatic rings. The van der Waals surface area contributed by atoms with Crippen LogP contribution in [0.15, 0.2) is 59.8 Å². The fraction of sp³-hybridized carbons (Fsp3) is 0.208. The molecule has 9 heteroatoms. The predicted octanol–water partition coefficient (Wildman–Crippen LogP) is 4.18. The highest BCUT2D eigenvalue weighted by molar-refractivity contribution is 7.92. The third kappa shape index (κ3) is 4.36. The minimum Gasteiger partial charge on any atom is -0.348 e. The third-order valence-corrected chi connectivity index (χ3v) is 7.71. The molecule has 4 aromatic rings. The number of carbonyl (C=O) groups is 1. The summed E-state index contributed by atoms with van der Waals surface area (Å²) in [5.41, 5.74) is 3.51. The van der Waals surface area contributed by atoms with E-state index in [4.69, 9.17) is 0 Å². The summed E-state index contributed by atoms with van der Waals surface area (Å²) in [4.78, 5) is 24.9. The molecule has 0 fully saturated rings. The number of carbonyl (C=O) groups excluding carboxylic acids is 1. The summed E-state index contributed by atoms with van der Waals surface area (Å²) >= 11 is 0. The Balaban J connectivity index is 1.60. The zero-order valence-electron chi connectivity index (χ0n) is 18.4. The lowest BCUT2D eigenvalue weighted by Crippen LogP contribution is -2.23. The predicted molar refractivity (Wildman–Crippen MR) is 124 cm³/mol. The van der Waals surface area contributed by atoms with Gasteiger partial charge in [0.1, 0.15) is 11.3 Å². The van der Waals surface area contributed by atoms with E-state index in [2.05, 4.69) is 20.3 Å². The first kappa shape index (κ1) is 22.6. The average Bonchev–Trinajstić information content (AvgIpc) is 3.23. The summed E-state index contributed by atoms with van der Waals surface area (Å²) in [6.45, 7) is 5.11. The Morgan fingerprint density at radius 2 is 1.88 bits per heavy atom. The van der Waals surface area contributed by atoms with Gasteiger partial charge in [-0.1, -0.05) is 24.3 Å². The van der Waals surface area contributed by atoms with Gasteiger partial charge in [-0.25, -0.2) is 22.8 Å². The van der Waals surface area contributed by atoms with E-state index in [1.165, 1.54) is 12.3 Å². The molecular weight excluding hydrogens is 443 g/mol. The molecule has 2 heterocycles. The van der Waals surface area contributed by atoms with Gasteiger partial charge in [0.05, 0.1) is 27.6 Å². The van der Waals surface area contributed by atoms with Crippen molar-refractivity contribution in [1.82, 2.24) is 20.3 Å². The first-order valence-electron chi connectivity index (χ1n) is 10.4. The average molecular weight is 467 g/mol. The van der Waals surface area contributed by atoms with Crippen molar-refractivity contribution in [2.24, 2.45) is 0 Å². The summed E-state index contributed by atoms with van der Waals surface area (Å²) in [6.07, 6.45) is 3.09. The van der Waals surface area contributed by atoms with Crippen molar-refractivity contribution in [2.45, 2.75) is 37.5 Å². The standard InChI is InChI=1S/C24H23FN4O3S/c1-14(2)33(31,32)18-9-7-16(8-10-18)21-13-27-23-22(29-21)19(12-26-23)24(30)28-11-17-5-4-6-20(25)15(17)3/h4-10,12-14H,11H2,1-3H3,(H,26,27)(H,28,30). The largest absolute Gasteiger partial charge is 0.348 e. The third-order valence-electron chi connectivity index (χ3n) is 5.54. The molecular formula is C24H23FN4O3S. The van der Waals surface area contributed by atoms with Gasteiger partial charge in [0, 0.05) is 18.3 Å². The number of aromatic nitrogens is 3. The van der Waals surface area contributed by atoms with Crippen LogP contribution < -0.4 is 5.32 Å². The van der Waals surface area contributed by atoms with Crippen LogP contribution in [0.25, 0.3) is 22.4 Å². The molecule has 0 unspecified atom stereocenters. The Labute approximate surface area is 191 Å². The molecule has 2 aromatic carbocycles. The maximum Gasteiger partial charge on any atom is 0.255 e. The van der Waals surface area contributed by atoms with Crippen LogP contribution in [0.4, 0.5) is 4.39 Å². The molecule has 0 bridgehead atoms. The zero-order valence-corrected chi connectivity index (χ0v) is 19.2. The van der Waals surface area contributed by atoms with Crippen LogP contribution in [0.2, 0.25) is 0 Å². The molecule has 2 aromatic heterocycles. The summed E-state index contributed by atoms with van der Waals surface area (Å²) < 4.78 is 38.4. The number of H-pyrrole nitrogens is 1. The van der Waals surface area contributed by atoms with Gasteiger partial charge in [-0.2, -0.15) is 0 Å². The first-order chi connectivity index (χ1) is 15.7. The van der Waals surface area contributed by atoms with E-state index in [0.717, 1.165) is 0 Å². The van der Waals surface area contributed by atoms with E-state index in [1.807, 2.05) is 0 Å². The number of hydrogen-bond donors (Lipinski definition) is 2. The maximum absolute atomic E-state index is 13.8. The Bertz CT molecular complexity index is 1440. The van der Waals surface area contributed by atoms with Crippen LogP contribution in [-0.4, -0.2) is 34.5 Å². The normalized spacial score (nSPS) is 11.8. The van der Waals surface area contributed by atoms with Gasteiger partial charge in [-0.3, -0.25) is 4.79 Å². The van der Waals surface area contributed by atoms with Gasteiger partial charge < -0.3 is 10.3 Å². The number of amides is 1. The van der Waals surface area contributed by atoms with Crippen LogP contribution in [0.1, 0.15) is 35.3 Å². The van der Waals surface area contributed by atoms with Crippen LogP contribution in [0.5, 0.6) is 0 Å². The smallest absolute Gasteiger partial charge is 0.255 e. The van der Waals surface area contributed by atoms with E-state index in [0.29, 0.717) is 39.1 Å². The van der Waals surface area contributed by atoms with Gasteiger partial charge in [0.25, 0.3) is 5.91 Å². The number of benzene rings is 2. The van der Waals surface area contributed by atoms with Crippen molar-refractivity contribution in [3.63, 3.8) is 0 Å². The fourth-order valence-electron chi connectivity index (χ4n) is 3.41. The number of nitrogens with one attached hydrogen (secondary N) is 2. The van der Waals surface area contributed by atoms with E-state index in [1.54, 1.807) is 63.4 Å². The summed E-state index contributed by atoms with van der Waals surface area (Å²) in [6, 6.07) is 11.2. The number of rotatable bonds is 6. The van der Waals surface area contributed by atoms with Gasteiger partial charge in [-0.15, -0.1) is 0 Å². The Kier molecular flexibility index (Phi) is 5.99. The minimum atomic E-state index is -3.37. The molecule has 0 spiro atoms. The summed E-state index contributed by atoms with van der Waals surface area (Å²) in [7, 11) is -3.37. The number of fused-ring (bicyclic) bond motifs is 1. The summed E-state index contributed by atoms with van der Waals surface area (Å²) in [5, 5.41) is 2.28. The van der Waals surface area contributed by atoms with E-state index < -0.39 is 15.1 Å². The van der Waals surface area contributed by atoms with Crippen LogP contribution >= 0.6 is 0 Å². The highest BCUT2D eigenvalue weighted by Crippen LogP contribution is 2.24. The van der Waals surface area contributed by atoms with Crippen molar-refractivity contribution in [3.05, 3.63) is 77.4 Å². The lowest BCUT2D eigenvalue weighted by atomic mass is 10.1. The number of nitrogens with zero attached hydrogens (tertiary/aromatic N) is 2. The van der Waals surface area contributed by atoms with Crippen LogP contribution in [0, 0.1) is 12.7 Å². The summed E-state index contributed by atoms with van der Waals surface area (Å²) in [5.74, 6) is -0.689. The van der Waals surface area contributed by atoms with Gasteiger partial charge in [0.15, 0.2) is 15.5 Å². The monoisotopic (exact) mass is 466 g/mol. The van der Waals surface area contributed by atoms with E-state index in [-0.39, 0.29) is 23.2 Å². The topological polar surface area (TPSA) is 105 Å². The highest BCUT2D eigenvalue weighted by atomic mass is 32.2. The fourth-order valence-corrected chi connectivity index (χ4v) is 4.47. The van der Waals surface area contributed by atoms with Gasteiger partial charge in [0.2, 0.25) is 0 Å². The Hall–Kier alpha value is -3.59. The SMILES string of the molecule is Cc1c(F)cccc1CNC(=O)c1c[nH]c2ncc(-c3ccc(S(=O)(=O)C(C)C)cc3)nc12. The molecule has 170 valence electrons. The number of aromatic amines is 1. The van der Waals surface area contributed by atoms with E-state index in [9.17, 15) is 17.6 Å². The van der Waals surface area contributed by atoms with Crippen molar-refractivity contribution >= 4 is 26.9 Å².